The molecule has 1 N–H and O–H groups in total. The summed E-state index contributed by atoms with van der Waals surface area (Å²) in [7, 11) is 0. The summed E-state index contributed by atoms with van der Waals surface area (Å²) in [5.74, 6) is 0.412. The highest BCUT2D eigenvalue weighted by Gasteiger charge is 2.04. The number of carbonyl (C=O) groups is 1. The summed E-state index contributed by atoms with van der Waals surface area (Å²) in [5, 5.41) is 3.25. The lowest BCUT2D eigenvalue weighted by Gasteiger charge is -2.08. The lowest BCUT2D eigenvalue weighted by molar-refractivity contribution is -0.134. The molecule has 2 aromatic rings. The molecule has 0 bridgehead atoms. The smallest absolute Gasteiger partial charge is 0.311 e. The number of aromatic nitrogens is 1. The zero-order valence-electron chi connectivity index (χ0n) is 12.2. The van der Waals surface area contributed by atoms with E-state index in [0.29, 0.717) is 12.2 Å². The van der Waals surface area contributed by atoms with Crippen molar-refractivity contribution < 1.29 is 9.53 Å². The van der Waals surface area contributed by atoms with E-state index in [-0.39, 0.29) is 5.97 Å². The molecule has 0 aliphatic heterocycles. The van der Waals surface area contributed by atoms with Gasteiger partial charge < -0.3 is 10.1 Å². The van der Waals surface area contributed by atoms with Crippen molar-refractivity contribution in [1.29, 1.82) is 0 Å². The van der Waals surface area contributed by atoms with Gasteiger partial charge in [-0.15, -0.1) is 0 Å². The van der Waals surface area contributed by atoms with E-state index < -0.39 is 0 Å². The molecule has 1 aromatic heterocycles. The van der Waals surface area contributed by atoms with E-state index in [0.717, 1.165) is 30.6 Å². The molecule has 0 fully saturated rings. The zero-order chi connectivity index (χ0) is 14.9. The van der Waals surface area contributed by atoms with Gasteiger partial charge >= 0.3 is 5.97 Å². The molecule has 0 amide bonds. The van der Waals surface area contributed by atoms with Gasteiger partial charge in [-0.05, 0) is 42.8 Å². The minimum absolute atomic E-state index is 0.168. The van der Waals surface area contributed by atoms with Crippen LogP contribution in [0.25, 0.3) is 0 Å². The van der Waals surface area contributed by atoms with Gasteiger partial charge in [-0.1, -0.05) is 19.8 Å². The average Bonchev–Trinajstić information content (AvgIpc) is 2.51. The summed E-state index contributed by atoms with van der Waals surface area (Å²) < 4.78 is 5.29. The Bertz CT molecular complexity index is 553. The van der Waals surface area contributed by atoms with Gasteiger partial charge in [-0.3, -0.25) is 9.78 Å². The number of rotatable bonds is 7. The number of anilines is 2. The maximum Gasteiger partial charge on any atom is 0.311 e. The number of ether oxygens (including phenoxy) is 1. The number of pyridine rings is 1. The molecular weight excluding hydrogens is 264 g/mol. The predicted molar refractivity (Wildman–Crippen MR) is 83.7 cm³/mol. The van der Waals surface area contributed by atoms with Gasteiger partial charge in [-0.25, -0.2) is 0 Å². The number of carbonyl (C=O) groups excluding carboxylic acids is 1. The summed E-state index contributed by atoms with van der Waals surface area (Å²) in [6, 6.07) is 11.1. The molecule has 0 aliphatic carbocycles. The summed E-state index contributed by atoms with van der Waals surface area (Å²) in [6.07, 6.45) is 6.98. The molecule has 21 heavy (non-hydrogen) atoms. The van der Waals surface area contributed by atoms with Crippen molar-refractivity contribution in [2.24, 2.45) is 0 Å². The predicted octanol–water partition coefficient (Wildman–Crippen LogP) is 4.31. The third kappa shape index (κ3) is 5.26. The molecule has 0 unspecified atom stereocenters. The lowest BCUT2D eigenvalue weighted by atomic mass is 10.2. The average molecular weight is 284 g/mol. The van der Waals surface area contributed by atoms with Crippen LogP contribution in [0.5, 0.6) is 5.75 Å². The maximum atomic E-state index is 11.6. The third-order valence-electron chi connectivity index (χ3n) is 3.04. The second-order valence-electron chi connectivity index (χ2n) is 4.82. The van der Waals surface area contributed by atoms with Crippen LogP contribution < -0.4 is 10.1 Å². The molecule has 0 saturated heterocycles. The second kappa shape index (κ2) is 8.04. The van der Waals surface area contributed by atoms with Crippen LogP contribution in [0.1, 0.15) is 32.6 Å². The topological polar surface area (TPSA) is 51.2 Å². The van der Waals surface area contributed by atoms with Crippen LogP contribution >= 0.6 is 0 Å². The molecular formula is C17H20N2O2. The van der Waals surface area contributed by atoms with Crippen LogP contribution in [0, 0.1) is 0 Å². The van der Waals surface area contributed by atoms with Crippen LogP contribution in [-0.4, -0.2) is 11.0 Å². The highest BCUT2D eigenvalue weighted by molar-refractivity contribution is 5.72. The van der Waals surface area contributed by atoms with Gasteiger partial charge in [0.2, 0.25) is 0 Å². The first-order valence-corrected chi connectivity index (χ1v) is 7.25. The van der Waals surface area contributed by atoms with Crippen LogP contribution in [0.4, 0.5) is 11.4 Å². The van der Waals surface area contributed by atoms with E-state index >= 15 is 0 Å². The van der Waals surface area contributed by atoms with Gasteiger partial charge in [0.05, 0.1) is 0 Å². The highest BCUT2D eigenvalue weighted by Crippen LogP contribution is 2.20. The van der Waals surface area contributed by atoms with E-state index in [1.807, 2.05) is 24.3 Å². The van der Waals surface area contributed by atoms with Gasteiger partial charge in [0.25, 0.3) is 0 Å². The first-order valence-electron chi connectivity index (χ1n) is 7.25. The van der Waals surface area contributed by atoms with Crippen molar-refractivity contribution in [2.75, 3.05) is 5.32 Å². The number of nitrogens with one attached hydrogen (secondary N) is 1. The minimum Gasteiger partial charge on any atom is -0.427 e. The molecule has 0 atom stereocenters. The fraction of sp³-hybridized carbons (Fsp3) is 0.294. The van der Waals surface area contributed by atoms with Gasteiger partial charge in [0.1, 0.15) is 5.75 Å². The Morgan fingerprint density at radius 2 is 1.71 bits per heavy atom. The summed E-state index contributed by atoms with van der Waals surface area (Å²) >= 11 is 0. The van der Waals surface area contributed by atoms with Gasteiger partial charge in [0.15, 0.2) is 0 Å². The molecule has 1 heterocycles. The molecule has 0 radical (unpaired) electrons. The quantitative estimate of drug-likeness (QED) is 0.467. The van der Waals surface area contributed by atoms with E-state index in [1.165, 1.54) is 0 Å². The minimum atomic E-state index is -0.168. The Labute approximate surface area is 125 Å². The van der Waals surface area contributed by atoms with Gasteiger partial charge in [0, 0.05) is 30.2 Å². The second-order valence-corrected chi connectivity index (χ2v) is 4.82. The number of nitrogens with zero attached hydrogens (tertiary/aromatic N) is 1. The number of unbranched alkanes of at least 4 members (excludes halogenated alkanes) is 2. The fourth-order valence-electron chi connectivity index (χ4n) is 1.91. The lowest BCUT2D eigenvalue weighted by Crippen LogP contribution is -2.07. The molecule has 0 saturated carbocycles. The molecule has 1 aromatic carbocycles. The number of hydrogen-bond acceptors (Lipinski definition) is 4. The standard InChI is InChI=1S/C17H20N2O2/c1-2-3-4-5-17(20)21-16-8-6-14(7-9-16)19-15-10-12-18-13-11-15/h6-13H,2-5H2,1H3,(H,18,19). The first kappa shape index (κ1) is 15.0. The zero-order valence-corrected chi connectivity index (χ0v) is 12.2. The Balaban J connectivity index is 1.85. The Kier molecular flexibility index (Phi) is 5.76. The van der Waals surface area contributed by atoms with Crippen molar-refractivity contribution in [2.45, 2.75) is 32.6 Å². The van der Waals surface area contributed by atoms with Crippen LogP contribution in [-0.2, 0) is 4.79 Å². The van der Waals surface area contributed by atoms with Crippen LogP contribution in [0.2, 0.25) is 0 Å². The Morgan fingerprint density at radius 1 is 1.05 bits per heavy atom. The summed E-state index contributed by atoms with van der Waals surface area (Å²) in [4.78, 5) is 15.6. The largest absolute Gasteiger partial charge is 0.427 e. The normalized spacial score (nSPS) is 10.1. The van der Waals surface area contributed by atoms with Crippen LogP contribution in [0.3, 0.4) is 0 Å². The summed E-state index contributed by atoms with van der Waals surface area (Å²) in [5.41, 5.74) is 1.90. The SMILES string of the molecule is CCCCCC(=O)Oc1ccc(Nc2ccncc2)cc1. The third-order valence-corrected chi connectivity index (χ3v) is 3.04. The van der Waals surface area contributed by atoms with E-state index in [1.54, 1.807) is 24.5 Å². The number of benzene rings is 1. The van der Waals surface area contributed by atoms with E-state index in [2.05, 4.69) is 17.2 Å². The van der Waals surface area contributed by atoms with Crippen LogP contribution in [0.15, 0.2) is 48.8 Å². The molecule has 2 rings (SSSR count). The van der Waals surface area contributed by atoms with E-state index in [9.17, 15) is 4.79 Å². The molecule has 4 nitrogen and oxygen atoms in total. The molecule has 4 heteroatoms. The van der Waals surface area contributed by atoms with Gasteiger partial charge in [-0.2, -0.15) is 0 Å². The van der Waals surface area contributed by atoms with Crippen molar-refractivity contribution in [3.05, 3.63) is 48.8 Å². The number of esters is 1. The highest BCUT2D eigenvalue weighted by atomic mass is 16.5. The van der Waals surface area contributed by atoms with Crippen molar-refractivity contribution >= 4 is 17.3 Å². The maximum absolute atomic E-state index is 11.6. The van der Waals surface area contributed by atoms with Crippen molar-refractivity contribution in [1.82, 2.24) is 4.98 Å². The Morgan fingerprint density at radius 3 is 2.38 bits per heavy atom. The molecule has 110 valence electrons. The van der Waals surface area contributed by atoms with Crippen molar-refractivity contribution in [3.8, 4) is 5.75 Å². The summed E-state index contributed by atoms with van der Waals surface area (Å²) in [6.45, 7) is 2.11. The fourth-order valence-corrected chi connectivity index (χ4v) is 1.91. The first-order chi connectivity index (χ1) is 10.3. The molecule has 0 spiro atoms. The van der Waals surface area contributed by atoms with Crippen molar-refractivity contribution in [3.63, 3.8) is 0 Å². The monoisotopic (exact) mass is 284 g/mol. The van der Waals surface area contributed by atoms with E-state index in [4.69, 9.17) is 4.74 Å². The molecule has 0 aliphatic rings. The number of hydrogen-bond donors (Lipinski definition) is 1. The Hall–Kier alpha value is -2.36.